The van der Waals surface area contributed by atoms with Crippen LogP contribution in [0.15, 0.2) is 53.9 Å². The highest BCUT2D eigenvalue weighted by Gasteiger charge is 2.14. The molecular formula is C17H12N6S. The molecule has 0 spiro atoms. The second kappa shape index (κ2) is 6.26. The first-order valence-corrected chi connectivity index (χ1v) is 8.41. The van der Waals surface area contributed by atoms with Crippen LogP contribution in [0, 0.1) is 11.3 Å². The molecule has 0 aliphatic carbocycles. The molecule has 0 fully saturated rings. The number of fused-ring (bicyclic) bond motifs is 3. The SMILES string of the molecule is N#CCCSc1nc2ccccc2c2nc(-c3ccncc3)nn12. The lowest BCUT2D eigenvalue weighted by molar-refractivity contribution is 0.811. The summed E-state index contributed by atoms with van der Waals surface area (Å²) in [5.74, 6) is 1.30. The van der Waals surface area contributed by atoms with Crippen molar-refractivity contribution < 1.29 is 0 Å². The summed E-state index contributed by atoms with van der Waals surface area (Å²) in [5.41, 5.74) is 2.55. The molecule has 116 valence electrons. The van der Waals surface area contributed by atoms with Gasteiger partial charge in [-0.2, -0.15) is 9.78 Å². The van der Waals surface area contributed by atoms with Crippen molar-refractivity contribution in [3.05, 3.63) is 48.8 Å². The van der Waals surface area contributed by atoms with E-state index in [4.69, 9.17) is 10.2 Å². The van der Waals surface area contributed by atoms with Crippen molar-refractivity contribution >= 4 is 28.3 Å². The largest absolute Gasteiger partial charge is 0.265 e. The van der Waals surface area contributed by atoms with Gasteiger partial charge in [0, 0.05) is 35.5 Å². The summed E-state index contributed by atoms with van der Waals surface area (Å²) in [7, 11) is 0. The van der Waals surface area contributed by atoms with Gasteiger partial charge in [-0.1, -0.05) is 23.9 Å². The van der Waals surface area contributed by atoms with Crippen LogP contribution in [-0.4, -0.2) is 30.3 Å². The van der Waals surface area contributed by atoms with Crippen LogP contribution in [0.1, 0.15) is 6.42 Å². The van der Waals surface area contributed by atoms with Crippen molar-refractivity contribution in [3.8, 4) is 17.5 Å². The molecule has 0 bridgehead atoms. The average Bonchev–Trinajstić information content (AvgIpc) is 3.09. The number of rotatable bonds is 4. The van der Waals surface area contributed by atoms with Crippen molar-refractivity contribution in [3.63, 3.8) is 0 Å². The summed E-state index contributed by atoms with van der Waals surface area (Å²) in [6.45, 7) is 0. The lowest BCUT2D eigenvalue weighted by atomic mass is 10.2. The summed E-state index contributed by atoms with van der Waals surface area (Å²) >= 11 is 1.51. The molecule has 0 saturated carbocycles. The third kappa shape index (κ3) is 2.57. The van der Waals surface area contributed by atoms with Crippen LogP contribution in [-0.2, 0) is 0 Å². The maximum atomic E-state index is 8.76. The Bertz CT molecular complexity index is 1050. The Morgan fingerprint density at radius 2 is 1.92 bits per heavy atom. The third-order valence-corrected chi connectivity index (χ3v) is 4.46. The van der Waals surface area contributed by atoms with E-state index in [1.165, 1.54) is 11.8 Å². The lowest BCUT2D eigenvalue weighted by Crippen LogP contribution is -1.98. The summed E-state index contributed by atoms with van der Waals surface area (Å²) in [6.07, 6.45) is 3.91. The van der Waals surface area contributed by atoms with Crippen molar-refractivity contribution in [1.82, 2.24) is 24.6 Å². The van der Waals surface area contributed by atoms with Crippen LogP contribution in [0.3, 0.4) is 0 Å². The lowest BCUT2D eigenvalue weighted by Gasteiger charge is -2.04. The molecule has 0 radical (unpaired) electrons. The molecule has 4 aromatic rings. The molecule has 3 heterocycles. The molecule has 7 heteroatoms. The maximum absolute atomic E-state index is 8.76. The molecule has 1 aromatic carbocycles. The van der Waals surface area contributed by atoms with Gasteiger partial charge in [0.25, 0.3) is 0 Å². The summed E-state index contributed by atoms with van der Waals surface area (Å²) < 4.78 is 1.76. The Morgan fingerprint density at radius 3 is 2.75 bits per heavy atom. The summed E-state index contributed by atoms with van der Waals surface area (Å²) in [5, 5.41) is 15.1. The Kier molecular flexibility index (Phi) is 3.81. The molecular weight excluding hydrogens is 320 g/mol. The normalized spacial score (nSPS) is 11.0. The topological polar surface area (TPSA) is 79.8 Å². The maximum Gasteiger partial charge on any atom is 0.191 e. The zero-order valence-electron chi connectivity index (χ0n) is 12.6. The van der Waals surface area contributed by atoms with E-state index in [0.717, 1.165) is 27.3 Å². The van der Waals surface area contributed by atoms with Crippen LogP contribution in [0.2, 0.25) is 0 Å². The number of hydrogen-bond acceptors (Lipinski definition) is 6. The van der Waals surface area contributed by atoms with E-state index in [1.54, 1.807) is 16.9 Å². The number of pyridine rings is 1. The molecule has 6 nitrogen and oxygen atoms in total. The van der Waals surface area contributed by atoms with E-state index < -0.39 is 0 Å². The predicted molar refractivity (Wildman–Crippen MR) is 92.5 cm³/mol. The van der Waals surface area contributed by atoms with Gasteiger partial charge in [0.1, 0.15) is 0 Å². The summed E-state index contributed by atoms with van der Waals surface area (Å²) in [4.78, 5) is 13.4. The van der Waals surface area contributed by atoms with Gasteiger partial charge in [-0.3, -0.25) is 4.98 Å². The van der Waals surface area contributed by atoms with E-state index in [0.29, 0.717) is 18.0 Å². The first-order chi connectivity index (χ1) is 11.9. The van der Waals surface area contributed by atoms with Crippen LogP contribution in [0.4, 0.5) is 0 Å². The number of aromatic nitrogens is 5. The minimum atomic E-state index is 0.465. The Labute approximate surface area is 142 Å². The van der Waals surface area contributed by atoms with Crippen LogP contribution < -0.4 is 0 Å². The Balaban J connectivity index is 1.93. The quantitative estimate of drug-likeness (QED) is 0.324. The number of nitriles is 1. The fourth-order valence-corrected chi connectivity index (χ4v) is 3.22. The van der Waals surface area contributed by atoms with Gasteiger partial charge in [0.05, 0.1) is 11.6 Å². The minimum absolute atomic E-state index is 0.465. The summed E-state index contributed by atoms with van der Waals surface area (Å²) in [6, 6.07) is 13.8. The van der Waals surface area contributed by atoms with Crippen molar-refractivity contribution in [2.75, 3.05) is 5.75 Å². The predicted octanol–water partition coefficient (Wildman–Crippen LogP) is 3.35. The van der Waals surface area contributed by atoms with Crippen molar-refractivity contribution in [1.29, 1.82) is 5.26 Å². The standard InChI is InChI=1S/C17H12N6S/c18-8-3-11-24-17-20-14-5-2-1-4-13(14)16-21-15(22-23(16)17)12-6-9-19-10-7-12/h1-2,4-7,9-10H,3,11H2. The molecule has 0 amide bonds. The second-order valence-corrected chi connectivity index (χ2v) is 6.14. The van der Waals surface area contributed by atoms with E-state index >= 15 is 0 Å². The number of nitrogens with zero attached hydrogens (tertiary/aromatic N) is 6. The number of para-hydroxylation sites is 1. The first kappa shape index (κ1) is 14.6. The van der Waals surface area contributed by atoms with E-state index in [-0.39, 0.29) is 0 Å². The number of benzene rings is 1. The average molecular weight is 332 g/mol. The molecule has 0 saturated heterocycles. The van der Waals surface area contributed by atoms with Crippen molar-refractivity contribution in [2.24, 2.45) is 0 Å². The van der Waals surface area contributed by atoms with Crippen LogP contribution in [0.25, 0.3) is 27.9 Å². The van der Waals surface area contributed by atoms with Gasteiger partial charge in [-0.05, 0) is 24.3 Å². The van der Waals surface area contributed by atoms with E-state index in [1.807, 2.05) is 36.4 Å². The van der Waals surface area contributed by atoms with Gasteiger partial charge >= 0.3 is 0 Å². The first-order valence-electron chi connectivity index (χ1n) is 7.42. The monoisotopic (exact) mass is 332 g/mol. The molecule has 3 aromatic heterocycles. The van der Waals surface area contributed by atoms with Crippen LogP contribution in [0.5, 0.6) is 0 Å². The molecule has 4 rings (SSSR count). The zero-order valence-corrected chi connectivity index (χ0v) is 13.4. The zero-order chi connectivity index (χ0) is 16.4. The van der Waals surface area contributed by atoms with Crippen LogP contribution >= 0.6 is 11.8 Å². The number of hydrogen-bond donors (Lipinski definition) is 0. The highest BCUT2D eigenvalue weighted by Crippen LogP contribution is 2.26. The van der Waals surface area contributed by atoms with Gasteiger partial charge in [0.2, 0.25) is 0 Å². The molecule has 0 unspecified atom stereocenters. The fourth-order valence-electron chi connectivity index (χ4n) is 2.44. The Hall–Kier alpha value is -2.98. The minimum Gasteiger partial charge on any atom is -0.265 e. The smallest absolute Gasteiger partial charge is 0.191 e. The van der Waals surface area contributed by atoms with Gasteiger partial charge in [0.15, 0.2) is 16.6 Å². The molecule has 0 N–H and O–H groups in total. The fraction of sp³-hybridized carbons (Fsp3) is 0.118. The second-order valence-electron chi connectivity index (χ2n) is 5.07. The molecule has 0 aliphatic rings. The molecule has 0 aliphatic heterocycles. The molecule has 24 heavy (non-hydrogen) atoms. The molecule has 0 atom stereocenters. The highest BCUT2D eigenvalue weighted by atomic mass is 32.2. The third-order valence-electron chi connectivity index (χ3n) is 3.53. The van der Waals surface area contributed by atoms with E-state index in [9.17, 15) is 0 Å². The van der Waals surface area contributed by atoms with Crippen molar-refractivity contribution in [2.45, 2.75) is 11.6 Å². The Morgan fingerprint density at radius 1 is 1.08 bits per heavy atom. The van der Waals surface area contributed by atoms with Gasteiger partial charge in [-0.25, -0.2) is 9.97 Å². The van der Waals surface area contributed by atoms with E-state index in [2.05, 4.69) is 21.1 Å². The van der Waals surface area contributed by atoms with Gasteiger partial charge < -0.3 is 0 Å². The number of thioether (sulfide) groups is 1. The van der Waals surface area contributed by atoms with Gasteiger partial charge in [-0.15, -0.1) is 5.10 Å². The highest BCUT2D eigenvalue weighted by molar-refractivity contribution is 7.99.